The Kier molecular flexibility index (Phi) is 5.73. The predicted molar refractivity (Wildman–Crippen MR) is 88.6 cm³/mol. The number of rotatable bonds is 7. The molecule has 0 atom stereocenters. The van der Waals surface area contributed by atoms with Crippen molar-refractivity contribution in [3.63, 3.8) is 0 Å². The highest BCUT2D eigenvalue weighted by molar-refractivity contribution is 5.37. The normalized spacial score (nSPS) is 10.9. The van der Waals surface area contributed by atoms with Crippen molar-refractivity contribution in [2.24, 2.45) is 5.92 Å². The zero-order valence-corrected chi connectivity index (χ0v) is 13.3. The van der Waals surface area contributed by atoms with Crippen LogP contribution in [0, 0.1) is 5.92 Å². The van der Waals surface area contributed by atoms with Crippen molar-refractivity contribution in [3.05, 3.63) is 53.5 Å². The Labute approximate surface area is 127 Å². The van der Waals surface area contributed by atoms with Gasteiger partial charge < -0.3 is 5.32 Å². The van der Waals surface area contributed by atoms with Crippen molar-refractivity contribution in [2.75, 3.05) is 11.9 Å². The lowest BCUT2D eigenvalue weighted by atomic mass is 10.1. The molecule has 3 heteroatoms. The number of aromatic nitrogens is 2. The standard InChI is InChI=1S/C18H25N3/c1-4-10-19-17-13-16(11-14(2)3)20-18(21-17)12-15-8-6-5-7-9-15/h5-9,13-14H,4,10-12H2,1-3H3,(H,19,20,21). The quantitative estimate of drug-likeness (QED) is 0.831. The molecule has 2 aromatic rings. The van der Waals surface area contributed by atoms with Crippen LogP contribution in [0.25, 0.3) is 0 Å². The molecule has 0 spiro atoms. The predicted octanol–water partition coefficient (Wildman–Crippen LogP) is 4.09. The minimum Gasteiger partial charge on any atom is -0.370 e. The highest BCUT2D eigenvalue weighted by Crippen LogP contribution is 2.14. The zero-order valence-electron chi connectivity index (χ0n) is 13.3. The molecule has 0 unspecified atom stereocenters. The third-order valence-corrected chi connectivity index (χ3v) is 3.20. The average Bonchev–Trinajstić information content (AvgIpc) is 2.45. The molecule has 2 rings (SSSR count). The fourth-order valence-electron chi connectivity index (χ4n) is 2.28. The van der Waals surface area contributed by atoms with Gasteiger partial charge in [-0.15, -0.1) is 0 Å². The first kappa shape index (κ1) is 15.5. The molecular formula is C18H25N3. The van der Waals surface area contributed by atoms with E-state index >= 15 is 0 Å². The SMILES string of the molecule is CCCNc1cc(CC(C)C)nc(Cc2ccccc2)n1. The molecular weight excluding hydrogens is 258 g/mol. The van der Waals surface area contributed by atoms with Crippen LogP contribution in [0.15, 0.2) is 36.4 Å². The van der Waals surface area contributed by atoms with E-state index in [1.54, 1.807) is 0 Å². The Morgan fingerprint density at radius 3 is 2.52 bits per heavy atom. The van der Waals surface area contributed by atoms with E-state index in [4.69, 9.17) is 4.98 Å². The van der Waals surface area contributed by atoms with Gasteiger partial charge in [-0.3, -0.25) is 0 Å². The van der Waals surface area contributed by atoms with E-state index in [2.05, 4.69) is 61.4 Å². The van der Waals surface area contributed by atoms with E-state index in [9.17, 15) is 0 Å². The second-order valence-electron chi connectivity index (χ2n) is 5.85. The van der Waals surface area contributed by atoms with Gasteiger partial charge in [0.2, 0.25) is 0 Å². The molecule has 0 aliphatic heterocycles. The summed E-state index contributed by atoms with van der Waals surface area (Å²) in [7, 11) is 0. The molecule has 0 bridgehead atoms. The first-order valence-corrected chi connectivity index (χ1v) is 7.82. The topological polar surface area (TPSA) is 37.8 Å². The first-order valence-electron chi connectivity index (χ1n) is 7.82. The summed E-state index contributed by atoms with van der Waals surface area (Å²) in [6.45, 7) is 7.55. The van der Waals surface area contributed by atoms with E-state index < -0.39 is 0 Å². The van der Waals surface area contributed by atoms with Gasteiger partial charge in [-0.05, 0) is 24.3 Å². The van der Waals surface area contributed by atoms with Crippen LogP contribution in [0.5, 0.6) is 0 Å². The number of hydrogen-bond acceptors (Lipinski definition) is 3. The highest BCUT2D eigenvalue weighted by atomic mass is 15.0. The van der Waals surface area contributed by atoms with E-state index in [1.807, 2.05) is 6.07 Å². The minimum absolute atomic E-state index is 0.600. The van der Waals surface area contributed by atoms with E-state index in [1.165, 1.54) is 5.56 Å². The van der Waals surface area contributed by atoms with Crippen LogP contribution in [0.1, 0.15) is 44.3 Å². The zero-order chi connectivity index (χ0) is 15.1. The molecule has 1 aromatic carbocycles. The molecule has 0 aliphatic rings. The number of hydrogen-bond donors (Lipinski definition) is 1. The third-order valence-electron chi connectivity index (χ3n) is 3.20. The molecule has 1 heterocycles. The van der Waals surface area contributed by atoms with Gasteiger partial charge in [0.15, 0.2) is 0 Å². The van der Waals surface area contributed by atoms with Gasteiger partial charge in [-0.2, -0.15) is 0 Å². The van der Waals surface area contributed by atoms with Gasteiger partial charge in [0.1, 0.15) is 11.6 Å². The van der Waals surface area contributed by atoms with Crippen molar-refractivity contribution in [1.82, 2.24) is 9.97 Å². The number of nitrogens with one attached hydrogen (secondary N) is 1. The number of nitrogens with zero attached hydrogens (tertiary/aromatic N) is 2. The maximum absolute atomic E-state index is 4.73. The molecule has 0 saturated carbocycles. The van der Waals surface area contributed by atoms with Gasteiger partial charge >= 0.3 is 0 Å². The Hall–Kier alpha value is -1.90. The molecule has 0 aliphatic carbocycles. The summed E-state index contributed by atoms with van der Waals surface area (Å²) in [5.41, 5.74) is 2.38. The van der Waals surface area contributed by atoms with Crippen LogP contribution in [-0.2, 0) is 12.8 Å². The summed E-state index contributed by atoms with van der Waals surface area (Å²) in [5, 5.41) is 3.38. The molecule has 3 nitrogen and oxygen atoms in total. The summed E-state index contributed by atoms with van der Waals surface area (Å²) in [6.07, 6.45) is 2.87. The molecule has 0 amide bonds. The number of benzene rings is 1. The lowest BCUT2D eigenvalue weighted by molar-refractivity contribution is 0.631. The van der Waals surface area contributed by atoms with E-state index in [-0.39, 0.29) is 0 Å². The molecule has 112 valence electrons. The van der Waals surface area contributed by atoms with Crippen LogP contribution in [0.4, 0.5) is 5.82 Å². The Balaban J connectivity index is 2.21. The van der Waals surface area contributed by atoms with E-state index in [0.717, 1.165) is 43.1 Å². The van der Waals surface area contributed by atoms with Crippen molar-refractivity contribution in [1.29, 1.82) is 0 Å². The minimum atomic E-state index is 0.600. The molecule has 1 N–H and O–H groups in total. The van der Waals surface area contributed by atoms with Crippen LogP contribution in [-0.4, -0.2) is 16.5 Å². The van der Waals surface area contributed by atoms with Gasteiger partial charge in [0, 0.05) is 24.7 Å². The third kappa shape index (κ3) is 5.18. The van der Waals surface area contributed by atoms with Gasteiger partial charge in [0.05, 0.1) is 0 Å². The lowest BCUT2D eigenvalue weighted by Crippen LogP contribution is -2.09. The first-order chi connectivity index (χ1) is 10.2. The summed E-state index contributed by atoms with van der Waals surface area (Å²) in [5.74, 6) is 2.45. The molecule has 0 saturated heterocycles. The van der Waals surface area contributed by atoms with Crippen LogP contribution in [0.3, 0.4) is 0 Å². The summed E-state index contributed by atoms with van der Waals surface area (Å²) < 4.78 is 0. The smallest absolute Gasteiger partial charge is 0.135 e. The lowest BCUT2D eigenvalue weighted by Gasteiger charge is -2.11. The van der Waals surface area contributed by atoms with Crippen molar-refractivity contribution < 1.29 is 0 Å². The molecule has 0 fully saturated rings. The maximum Gasteiger partial charge on any atom is 0.135 e. The Bertz CT molecular complexity index is 550. The molecule has 1 aromatic heterocycles. The summed E-state index contributed by atoms with van der Waals surface area (Å²) in [6, 6.07) is 12.5. The van der Waals surface area contributed by atoms with Gasteiger partial charge in [-0.25, -0.2) is 9.97 Å². The fraction of sp³-hybridized carbons (Fsp3) is 0.444. The Morgan fingerprint density at radius 1 is 1.10 bits per heavy atom. The van der Waals surface area contributed by atoms with Crippen LogP contribution in [0.2, 0.25) is 0 Å². The average molecular weight is 283 g/mol. The molecule has 0 radical (unpaired) electrons. The van der Waals surface area contributed by atoms with Gasteiger partial charge in [0.25, 0.3) is 0 Å². The monoisotopic (exact) mass is 283 g/mol. The van der Waals surface area contributed by atoms with Crippen molar-refractivity contribution >= 4 is 5.82 Å². The van der Waals surface area contributed by atoms with Crippen LogP contribution >= 0.6 is 0 Å². The van der Waals surface area contributed by atoms with E-state index in [0.29, 0.717) is 5.92 Å². The number of anilines is 1. The van der Waals surface area contributed by atoms with Crippen LogP contribution < -0.4 is 5.32 Å². The largest absolute Gasteiger partial charge is 0.370 e. The summed E-state index contributed by atoms with van der Waals surface area (Å²) >= 11 is 0. The second-order valence-corrected chi connectivity index (χ2v) is 5.85. The maximum atomic E-state index is 4.73. The fourth-order valence-corrected chi connectivity index (χ4v) is 2.28. The van der Waals surface area contributed by atoms with Crippen molar-refractivity contribution in [2.45, 2.75) is 40.0 Å². The summed E-state index contributed by atoms with van der Waals surface area (Å²) in [4.78, 5) is 9.38. The van der Waals surface area contributed by atoms with Crippen molar-refractivity contribution in [3.8, 4) is 0 Å². The highest BCUT2D eigenvalue weighted by Gasteiger charge is 2.07. The van der Waals surface area contributed by atoms with Gasteiger partial charge in [-0.1, -0.05) is 51.1 Å². The second kappa shape index (κ2) is 7.77. The Morgan fingerprint density at radius 2 is 1.86 bits per heavy atom. The molecule has 21 heavy (non-hydrogen) atoms.